The number of carbonyl (C=O) groups excluding carboxylic acids is 1. The van der Waals surface area contributed by atoms with E-state index in [9.17, 15) is 4.79 Å². The summed E-state index contributed by atoms with van der Waals surface area (Å²) in [7, 11) is 0. The average Bonchev–Trinajstić information content (AvgIpc) is 1.66. The third-order valence-electron chi connectivity index (χ3n) is 1.10. The molecule has 0 aliphatic rings. The van der Waals surface area contributed by atoms with Gasteiger partial charge in [0.05, 0.1) is 0 Å². The van der Waals surface area contributed by atoms with Crippen LogP contribution in [0.15, 0.2) is 0 Å². The van der Waals surface area contributed by atoms with Gasteiger partial charge in [-0.3, -0.25) is 0 Å². The molecule has 0 bridgehead atoms. The van der Waals surface area contributed by atoms with Crippen molar-refractivity contribution in [2.75, 3.05) is 0 Å². The highest BCUT2D eigenvalue weighted by Gasteiger charge is 1.98. The Kier molecular flexibility index (Phi) is 5.48. The van der Waals surface area contributed by atoms with Crippen molar-refractivity contribution in [1.29, 1.82) is 0 Å². The zero-order chi connectivity index (χ0) is 6.41. The Hall–Kier alpha value is 0.202. The highest BCUT2D eigenvalue weighted by atomic mass is 27.2. The van der Waals surface area contributed by atoms with E-state index >= 15 is 0 Å². The van der Waals surface area contributed by atoms with Gasteiger partial charge < -0.3 is 4.79 Å². The average molecular weight is 128 g/mol. The van der Waals surface area contributed by atoms with Gasteiger partial charge in [0, 0.05) is 6.42 Å². The maximum atomic E-state index is 9.80. The van der Waals surface area contributed by atoms with Crippen LogP contribution >= 0.6 is 0 Å². The van der Waals surface area contributed by atoms with Gasteiger partial charge in [0.15, 0.2) is 0 Å². The third-order valence-corrected chi connectivity index (χ3v) is 2.67. The first kappa shape index (κ1) is 8.20. The fourth-order valence-corrected chi connectivity index (χ4v) is 1.66. The van der Waals surface area contributed by atoms with E-state index in [1.54, 1.807) is 0 Å². The van der Waals surface area contributed by atoms with Gasteiger partial charge in [0.2, 0.25) is 0 Å². The molecule has 46 valence electrons. The van der Waals surface area contributed by atoms with E-state index in [0.717, 1.165) is 19.1 Å². The van der Waals surface area contributed by atoms with Crippen LogP contribution in [0.25, 0.3) is 0 Å². The van der Waals surface area contributed by atoms with Gasteiger partial charge in [0.1, 0.15) is 6.29 Å². The first-order valence-corrected chi connectivity index (χ1v) is 6.33. The van der Waals surface area contributed by atoms with Gasteiger partial charge in [-0.05, 0) is 0 Å². The molecule has 1 nitrogen and oxygen atoms in total. The molecular weight excluding hydrogens is 115 g/mol. The Morgan fingerprint density at radius 3 is 2.50 bits per heavy atom. The molecule has 0 aromatic heterocycles. The summed E-state index contributed by atoms with van der Waals surface area (Å²) in [6, 6.07) is 0. The predicted molar refractivity (Wildman–Crippen MR) is 37.6 cm³/mol. The van der Waals surface area contributed by atoms with E-state index in [2.05, 4.69) is 11.6 Å². The van der Waals surface area contributed by atoms with Crippen molar-refractivity contribution in [3.63, 3.8) is 0 Å². The summed E-state index contributed by atoms with van der Waals surface area (Å²) < 4.78 is 0. The van der Waals surface area contributed by atoms with Crippen LogP contribution in [0.2, 0.25) is 16.9 Å². The number of hydrogen-bond acceptors (Lipinski definition) is 1. The minimum absolute atomic E-state index is 0.361. The summed E-state index contributed by atoms with van der Waals surface area (Å²) in [6.45, 7) is 0. The van der Waals surface area contributed by atoms with Crippen molar-refractivity contribution >= 4 is 20.4 Å². The third kappa shape index (κ3) is 6.20. The number of hydrogen-bond donors (Lipinski definition) is 0. The molecule has 0 aliphatic heterocycles. The monoisotopic (exact) mass is 128 g/mol. The fourth-order valence-electron chi connectivity index (χ4n) is 0.609. The fraction of sp³-hybridized carbons (Fsp3) is 0.833. The number of aldehydes is 1. The molecule has 0 saturated heterocycles. The molecule has 0 aliphatic carbocycles. The largest absolute Gasteiger partial charge is 0.303 e. The van der Waals surface area contributed by atoms with Crippen molar-refractivity contribution in [3.05, 3.63) is 0 Å². The Labute approximate surface area is 55.5 Å². The second kappa shape index (κ2) is 5.34. The number of unbranched alkanes of at least 4 members (excludes halogenated alkanes) is 1. The van der Waals surface area contributed by atoms with Crippen LogP contribution in [-0.2, 0) is 4.79 Å². The van der Waals surface area contributed by atoms with Crippen LogP contribution in [0.1, 0.15) is 12.8 Å². The van der Waals surface area contributed by atoms with Gasteiger partial charge in [-0.15, -0.1) is 11.6 Å². The van der Waals surface area contributed by atoms with Crippen LogP contribution in [0.5, 0.6) is 0 Å². The maximum Gasteiger partial charge on any atom is 0.255 e. The van der Waals surface area contributed by atoms with Crippen LogP contribution in [-0.4, -0.2) is 20.4 Å². The van der Waals surface area contributed by atoms with Crippen molar-refractivity contribution in [2.45, 2.75) is 29.7 Å². The lowest BCUT2D eigenvalue weighted by Gasteiger charge is -1.92. The van der Waals surface area contributed by atoms with Gasteiger partial charge in [-0.2, -0.15) is 0 Å². The molecule has 0 amide bonds. The quantitative estimate of drug-likeness (QED) is 0.320. The lowest BCUT2D eigenvalue weighted by Crippen LogP contribution is -1.97. The molecule has 0 atom stereocenters. The number of carbonyl (C=O) groups is 1. The second-order valence-electron chi connectivity index (χ2n) is 2.49. The van der Waals surface area contributed by atoms with Gasteiger partial charge >= 0.3 is 0 Å². The van der Waals surface area contributed by atoms with Crippen molar-refractivity contribution in [1.82, 2.24) is 0 Å². The maximum absolute atomic E-state index is 9.80. The van der Waals surface area contributed by atoms with Crippen molar-refractivity contribution in [2.24, 2.45) is 0 Å². The zero-order valence-corrected chi connectivity index (χ0v) is 6.84. The molecular formula is C6H13AlO. The predicted octanol–water partition coefficient (Wildman–Crippen LogP) is 1.72. The molecule has 8 heavy (non-hydrogen) atoms. The summed E-state index contributed by atoms with van der Waals surface area (Å²) in [6.07, 6.45) is 2.90. The Morgan fingerprint density at radius 1 is 1.50 bits per heavy atom. The summed E-state index contributed by atoms with van der Waals surface area (Å²) in [5, 5.41) is 1.32. The first-order chi connectivity index (χ1) is 3.77. The SMILES string of the molecule is [CH3][Al]([CH3])[CH2]CCC=O. The van der Waals surface area contributed by atoms with Crippen LogP contribution < -0.4 is 0 Å². The minimum atomic E-state index is -0.361. The molecule has 0 spiro atoms. The molecule has 0 fully saturated rings. The van der Waals surface area contributed by atoms with Crippen LogP contribution in [0, 0.1) is 0 Å². The van der Waals surface area contributed by atoms with Crippen LogP contribution in [0.3, 0.4) is 0 Å². The standard InChI is InChI=1S/C4H7O.2CH3.Al/c1-2-3-4-5;;;/h4H,1-3H2;2*1H3;. The van der Waals surface area contributed by atoms with E-state index in [4.69, 9.17) is 0 Å². The lowest BCUT2D eigenvalue weighted by molar-refractivity contribution is -0.107. The molecule has 0 aromatic carbocycles. The number of rotatable bonds is 4. The molecule has 0 N–H and O–H groups in total. The van der Waals surface area contributed by atoms with Gasteiger partial charge in [-0.1, -0.05) is 11.7 Å². The lowest BCUT2D eigenvalue weighted by atomic mass is 10.4. The second-order valence-corrected chi connectivity index (χ2v) is 5.86. The van der Waals surface area contributed by atoms with E-state index in [1.165, 1.54) is 5.28 Å². The Bertz CT molecular complexity index is 61.5. The summed E-state index contributed by atoms with van der Waals surface area (Å²) in [5.41, 5.74) is 0. The summed E-state index contributed by atoms with van der Waals surface area (Å²) >= 11 is -0.361. The minimum Gasteiger partial charge on any atom is -0.303 e. The van der Waals surface area contributed by atoms with E-state index in [0.29, 0.717) is 0 Å². The normalized spacial score (nSPS) is 8.75. The molecule has 0 unspecified atom stereocenters. The highest BCUT2D eigenvalue weighted by molar-refractivity contribution is 6.55. The van der Waals surface area contributed by atoms with Crippen LogP contribution in [0.4, 0.5) is 0 Å². The molecule has 0 rings (SSSR count). The molecule has 0 heterocycles. The molecule has 0 radical (unpaired) electrons. The smallest absolute Gasteiger partial charge is 0.255 e. The molecule has 0 aromatic rings. The van der Waals surface area contributed by atoms with Crippen molar-refractivity contribution in [3.8, 4) is 0 Å². The first-order valence-electron chi connectivity index (χ1n) is 3.21. The summed E-state index contributed by atoms with van der Waals surface area (Å²) in [4.78, 5) is 9.80. The van der Waals surface area contributed by atoms with E-state index in [1.807, 2.05) is 0 Å². The Balaban J connectivity index is 2.81. The topological polar surface area (TPSA) is 17.1 Å². The zero-order valence-electron chi connectivity index (χ0n) is 5.68. The molecule has 2 heteroatoms. The van der Waals surface area contributed by atoms with Gasteiger partial charge in [0.25, 0.3) is 14.1 Å². The molecule has 0 saturated carbocycles. The summed E-state index contributed by atoms with van der Waals surface area (Å²) in [5.74, 6) is 4.62. The van der Waals surface area contributed by atoms with Gasteiger partial charge in [-0.25, -0.2) is 0 Å². The highest BCUT2D eigenvalue weighted by Crippen LogP contribution is 1.97. The van der Waals surface area contributed by atoms with E-state index in [-0.39, 0.29) is 14.1 Å². The van der Waals surface area contributed by atoms with Crippen molar-refractivity contribution < 1.29 is 4.79 Å². The Morgan fingerprint density at radius 2 is 2.12 bits per heavy atom. The van der Waals surface area contributed by atoms with E-state index < -0.39 is 0 Å².